The Hall–Kier alpha value is -2.24. The predicted molar refractivity (Wildman–Crippen MR) is 75.0 cm³/mol. The van der Waals surface area contributed by atoms with Crippen LogP contribution in [0.4, 0.5) is 0 Å². The highest BCUT2D eigenvalue weighted by Crippen LogP contribution is 2.26. The minimum atomic E-state index is -0.346. The summed E-state index contributed by atoms with van der Waals surface area (Å²) in [5, 5.41) is 19.0. The zero-order chi connectivity index (χ0) is 15.4. The van der Waals surface area contributed by atoms with Gasteiger partial charge in [-0.05, 0) is 31.9 Å². The molecule has 0 aliphatic carbocycles. The molecule has 2 rings (SSSR count). The molecule has 6 heteroatoms. The highest BCUT2D eigenvalue weighted by molar-refractivity contribution is 5.97. The van der Waals surface area contributed by atoms with E-state index in [1.54, 1.807) is 6.92 Å². The molecule has 1 heterocycles. The van der Waals surface area contributed by atoms with Gasteiger partial charge in [0.15, 0.2) is 0 Å². The van der Waals surface area contributed by atoms with Gasteiger partial charge in [0.2, 0.25) is 0 Å². The number of hydrogen-bond acceptors (Lipinski definition) is 5. The molecular formula is C15H19NO5. The number of piperidine rings is 1. The maximum atomic E-state index is 12.4. The van der Waals surface area contributed by atoms with Crippen LogP contribution in [-0.4, -0.2) is 46.7 Å². The van der Waals surface area contributed by atoms with Crippen molar-refractivity contribution in [3.8, 4) is 11.5 Å². The Morgan fingerprint density at radius 2 is 2.14 bits per heavy atom. The number of esters is 1. The number of carbonyl (C=O) groups excluding carboxylic acids is 2. The molecule has 1 atom stereocenters. The molecule has 0 radical (unpaired) electrons. The second-order valence-corrected chi connectivity index (χ2v) is 5.04. The van der Waals surface area contributed by atoms with Crippen molar-refractivity contribution in [1.29, 1.82) is 0 Å². The average Bonchev–Trinajstić information content (AvgIpc) is 2.47. The molecule has 1 aliphatic heterocycles. The smallest absolute Gasteiger partial charge is 0.310 e. The highest BCUT2D eigenvalue weighted by atomic mass is 16.5. The molecule has 1 saturated heterocycles. The van der Waals surface area contributed by atoms with Crippen LogP contribution in [0.2, 0.25) is 0 Å². The van der Waals surface area contributed by atoms with Gasteiger partial charge in [0.25, 0.3) is 5.91 Å². The van der Waals surface area contributed by atoms with Crippen LogP contribution < -0.4 is 0 Å². The van der Waals surface area contributed by atoms with E-state index in [1.807, 2.05) is 0 Å². The lowest BCUT2D eigenvalue weighted by atomic mass is 9.97. The number of ether oxygens (including phenoxy) is 1. The summed E-state index contributed by atoms with van der Waals surface area (Å²) in [5.41, 5.74) is 0.123. The molecule has 0 saturated carbocycles. The van der Waals surface area contributed by atoms with Crippen LogP contribution in [0.3, 0.4) is 0 Å². The van der Waals surface area contributed by atoms with Crippen LogP contribution >= 0.6 is 0 Å². The van der Waals surface area contributed by atoms with Crippen LogP contribution in [-0.2, 0) is 9.53 Å². The van der Waals surface area contributed by atoms with Gasteiger partial charge in [-0.3, -0.25) is 9.59 Å². The maximum Gasteiger partial charge on any atom is 0.310 e. The maximum absolute atomic E-state index is 12.4. The van der Waals surface area contributed by atoms with E-state index in [2.05, 4.69) is 0 Å². The quantitative estimate of drug-likeness (QED) is 0.825. The number of hydrogen-bond donors (Lipinski definition) is 2. The van der Waals surface area contributed by atoms with E-state index in [0.29, 0.717) is 26.0 Å². The number of rotatable bonds is 3. The van der Waals surface area contributed by atoms with Crippen LogP contribution in [0.1, 0.15) is 30.1 Å². The Balaban J connectivity index is 2.10. The van der Waals surface area contributed by atoms with Gasteiger partial charge in [-0.1, -0.05) is 0 Å². The number of phenols is 2. The second kappa shape index (κ2) is 6.47. The Morgan fingerprint density at radius 1 is 1.38 bits per heavy atom. The monoisotopic (exact) mass is 293 g/mol. The molecule has 6 nitrogen and oxygen atoms in total. The summed E-state index contributed by atoms with van der Waals surface area (Å²) in [7, 11) is 0. The third-order valence-electron chi connectivity index (χ3n) is 3.54. The summed E-state index contributed by atoms with van der Waals surface area (Å²) in [5.74, 6) is -1.32. The SMILES string of the molecule is CCOC(=O)[C@@H]1CCCN(C(=O)c2ccc(O)cc2O)C1. The lowest BCUT2D eigenvalue weighted by molar-refractivity contribution is -0.149. The van der Waals surface area contributed by atoms with Crippen molar-refractivity contribution in [3.05, 3.63) is 23.8 Å². The van der Waals surface area contributed by atoms with Gasteiger partial charge in [-0.2, -0.15) is 0 Å². The van der Waals surface area contributed by atoms with E-state index < -0.39 is 0 Å². The average molecular weight is 293 g/mol. The molecule has 1 aromatic rings. The molecule has 21 heavy (non-hydrogen) atoms. The molecule has 1 aliphatic rings. The normalized spacial score (nSPS) is 18.3. The summed E-state index contributed by atoms with van der Waals surface area (Å²) < 4.78 is 5.00. The molecule has 1 aromatic carbocycles. The van der Waals surface area contributed by atoms with Gasteiger partial charge in [-0.15, -0.1) is 0 Å². The number of aromatic hydroxyl groups is 2. The molecule has 0 aromatic heterocycles. The van der Waals surface area contributed by atoms with Crippen molar-refractivity contribution in [2.75, 3.05) is 19.7 Å². The first-order chi connectivity index (χ1) is 10.0. The minimum absolute atomic E-state index is 0.105. The van der Waals surface area contributed by atoms with Crippen molar-refractivity contribution in [2.24, 2.45) is 5.92 Å². The lowest BCUT2D eigenvalue weighted by Gasteiger charge is -2.31. The number of likely N-dealkylation sites (tertiary alicyclic amines) is 1. The molecule has 0 bridgehead atoms. The van der Waals surface area contributed by atoms with E-state index in [1.165, 1.54) is 17.0 Å². The van der Waals surface area contributed by atoms with Gasteiger partial charge in [-0.25, -0.2) is 0 Å². The number of amides is 1. The third-order valence-corrected chi connectivity index (χ3v) is 3.54. The van der Waals surface area contributed by atoms with Crippen molar-refractivity contribution in [3.63, 3.8) is 0 Å². The fourth-order valence-corrected chi connectivity index (χ4v) is 2.49. The summed E-state index contributed by atoms with van der Waals surface area (Å²) in [6.07, 6.45) is 1.41. The first-order valence-electron chi connectivity index (χ1n) is 7.00. The summed E-state index contributed by atoms with van der Waals surface area (Å²) in [4.78, 5) is 25.7. The number of nitrogens with zero attached hydrogens (tertiary/aromatic N) is 1. The van der Waals surface area contributed by atoms with Crippen LogP contribution in [0.5, 0.6) is 11.5 Å². The Bertz CT molecular complexity index is 543. The predicted octanol–water partition coefficient (Wildman–Crippen LogP) is 1.51. The fraction of sp³-hybridized carbons (Fsp3) is 0.467. The summed E-state index contributed by atoms with van der Waals surface area (Å²) in [6.45, 7) is 2.90. The molecule has 0 unspecified atom stereocenters. The zero-order valence-electron chi connectivity index (χ0n) is 11.9. The van der Waals surface area contributed by atoms with E-state index in [-0.39, 0.29) is 41.4 Å². The number of carbonyl (C=O) groups is 2. The molecule has 1 amide bonds. The van der Waals surface area contributed by atoms with E-state index >= 15 is 0 Å². The molecule has 114 valence electrons. The Labute approximate surface area is 122 Å². The standard InChI is InChI=1S/C15H19NO5/c1-2-21-15(20)10-4-3-7-16(9-10)14(19)12-6-5-11(17)8-13(12)18/h5-6,8,10,17-18H,2-4,7,9H2,1H3/t10-/m1/s1. The van der Waals surface area contributed by atoms with E-state index in [9.17, 15) is 19.8 Å². The molecule has 2 N–H and O–H groups in total. The molecular weight excluding hydrogens is 274 g/mol. The first kappa shape index (κ1) is 15.2. The highest BCUT2D eigenvalue weighted by Gasteiger charge is 2.30. The molecule has 0 spiro atoms. The Kier molecular flexibility index (Phi) is 4.67. The van der Waals surface area contributed by atoms with Crippen LogP contribution in [0.15, 0.2) is 18.2 Å². The summed E-state index contributed by atoms with van der Waals surface area (Å²) >= 11 is 0. The van der Waals surface area contributed by atoms with Crippen molar-refractivity contribution < 1.29 is 24.5 Å². The van der Waals surface area contributed by atoms with E-state index in [0.717, 1.165) is 6.07 Å². The van der Waals surface area contributed by atoms with Crippen LogP contribution in [0, 0.1) is 5.92 Å². The number of phenolic OH excluding ortho intramolecular Hbond substituents is 2. The number of benzene rings is 1. The van der Waals surface area contributed by atoms with Gasteiger partial charge >= 0.3 is 5.97 Å². The second-order valence-electron chi connectivity index (χ2n) is 5.04. The van der Waals surface area contributed by atoms with Crippen molar-refractivity contribution >= 4 is 11.9 Å². The minimum Gasteiger partial charge on any atom is -0.508 e. The van der Waals surface area contributed by atoms with Gasteiger partial charge < -0.3 is 19.8 Å². The van der Waals surface area contributed by atoms with Gasteiger partial charge in [0.05, 0.1) is 18.1 Å². The van der Waals surface area contributed by atoms with Gasteiger partial charge in [0, 0.05) is 19.2 Å². The Morgan fingerprint density at radius 3 is 2.81 bits per heavy atom. The van der Waals surface area contributed by atoms with Gasteiger partial charge in [0.1, 0.15) is 11.5 Å². The first-order valence-corrected chi connectivity index (χ1v) is 7.00. The fourth-order valence-electron chi connectivity index (χ4n) is 2.49. The lowest BCUT2D eigenvalue weighted by Crippen LogP contribution is -2.42. The topological polar surface area (TPSA) is 87.1 Å². The largest absolute Gasteiger partial charge is 0.508 e. The molecule has 1 fully saturated rings. The van der Waals surface area contributed by atoms with Crippen molar-refractivity contribution in [1.82, 2.24) is 4.90 Å². The zero-order valence-corrected chi connectivity index (χ0v) is 11.9. The van der Waals surface area contributed by atoms with Crippen molar-refractivity contribution in [2.45, 2.75) is 19.8 Å². The third kappa shape index (κ3) is 3.45. The van der Waals surface area contributed by atoms with E-state index in [4.69, 9.17) is 4.74 Å². The summed E-state index contributed by atoms with van der Waals surface area (Å²) in [6, 6.07) is 3.85. The van der Waals surface area contributed by atoms with Crippen LogP contribution in [0.25, 0.3) is 0 Å².